The first kappa shape index (κ1) is 18.5. The minimum absolute atomic E-state index is 0.848. The van der Waals surface area contributed by atoms with E-state index in [1.54, 1.807) is 0 Å². The third kappa shape index (κ3) is 9.18. The van der Waals surface area contributed by atoms with E-state index in [0.717, 1.165) is 17.7 Å². The van der Waals surface area contributed by atoms with Gasteiger partial charge in [-0.3, -0.25) is 0 Å². The maximum Gasteiger partial charge on any atom is 0.123 e. The second-order valence-electron chi connectivity index (χ2n) is 5.77. The van der Waals surface area contributed by atoms with Crippen molar-refractivity contribution in [3.8, 4) is 5.75 Å². The molecular weight excluding hydrogens is 324 g/mol. The van der Waals surface area contributed by atoms with Crippen LogP contribution in [0.5, 0.6) is 5.75 Å². The second kappa shape index (κ2) is 13.2. The highest BCUT2D eigenvalue weighted by Gasteiger charge is 2.00. The van der Waals surface area contributed by atoms with Crippen molar-refractivity contribution >= 4 is 15.9 Å². The zero-order valence-electron chi connectivity index (χ0n) is 13.6. The van der Waals surface area contributed by atoms with Crippen molar-refractivity contribution in [1.29, 1.82) is 0 Å². The summed E-state index contributed by atoms with van der Waals surface area (Å²) in [7, 11) is 0. The third-order valence-corrected chi connectivity index (χ3v) is 4.48. The first-order chi connectivity index (χ1) is 10.4. The van der Waals surface area contributed by atoms with E-state index in [2.05, 4.69) is 41.1 Å². The molecule has 0 saturated carbocycles. The summed E-state index contributed by atoms with van der Waals surface area (Å²) >= 11 is 3.50. The predicted molar refractivity (Wildman–Crippen MR) is 96.4 cm³/mol. The topological polar surface area (TPSA) is 9.23 Å². The van der Waals surface area contributed by atoms with Gasteiger partial charge in [0.05, 0.1) is 6.61 Å². The van der Waals surface area contributed by atoms with Crippen LogP contribution in [-0.4, -0.2) is 6.61 Å². The monoisotopic (exact) mass is 354 g/mol. The molecule has 0 aliphatic carbocycles. The highest BCUT2D eigenvalue weighted by molar-refractivity contribution is 9.08. The molecular formula is C19H31BrO. The van der Waals surface area contributed by atoms with Crippen LogP contribution in [0.4, 0.5) is 0 Å². The molecule has 0 bridgehead atoms. The largest absolute Gasteiger partial charge is 0.493 e. The molecule has 0 N–H and O–H groups in total. The van der Waals surface area contributed by atoms with Crippen LogP contribution in [0.25, 0.3) is 0 Å². The lowest BCUT2D eigenvalue weighted by molar-refractivity contribution is 0.302. The number of rotatable bonds is 13. The molecule has 2 heteroatoms. The Balaban J connectivity index is 1.93. The quantitative estimate of drug-likeness (QED) is 0.277. The number of alkyl halides is 1. The van der Waals surface area contributed by atoms with Crippen molar-refractivity contribution in [2.45, 2.75) is 76.5 Å². The van der Waals surface area contributed by atoms with Gasteiger partial charge in [-0.15, -0.1) is 0 Å². The maximum atomic E-state index is 5.87. The lowest BCUT2D eigenvalue weighted by Gasteiger charge is -2.09. The molecule has 0 aliphatic rings. The van der Waals surface area contributed by atoms with Crippen molar-refractivity contribution in [3.63, 3.8) is 0 Å². The minimum atomic E-state index is 0.848. The Hall–Kier alpha value is -0.500. The van der Waals surface area contributed by atoms with E-state index < -0.39 is 0 Å². The fourth-order valence-corrected chi connectivity index (χ4v) is 2.99. The van der Waals surface area contributed by atoms with Crippen molar-refractivity contribution in [1.82, 2.24) is 0 Å². The summed E-state index contributed by atoms with van der Waals surface area (Å²) in [5.41, 5.74) is 1.24. The molecule has 1 aromatic carbocycles. The van der Waals surface area contributed by atoms with Gasteiger partial charge in [-0.1, -0.05) is 98.8 Å². The minimum Gasteiger partial charge on any atom is -0.493 e. The van der Waals surface area contributed by atoms with Crippen LogP contribution in [0, 0.1) is 0 Å². The predicted octanol–water partition coefficient (Wildman–Crippen LogP) is 6.88. The van der Waals surface area contributed by atoms with Gasteiger partial charge in [0.15, 0.2) is 0 Å². The van der Waals surface area contributed by atoms with Gasteiger partial charge in [-0.2, -0.15) is 0 Å². The van der Waals surface area contributed by atoms with Gasteiger partial charge in [0, 0.05) is 10.9 Å². The van der Waals surface area contributed by atoms with E-state index in [0.29, 0.717) is 0 Å². The molecule has 120 valence electrons. The lowest BCUT2D eigenvalue weighted by atomic mass is 10.1. The zero-order valence-corrected chi connectivity index (χ0v) is 15.2. The normalized spacial score (nSPS) is 10.8. The molecule has 0 aliphatic heterocycles. The zero-order chi connectivity index (χ0) is 15.2. The van der Waals surface area contributed by atoms with Gasteiger partial charge in [0.25, 0.3) is 0 Å². The Morgan fingerprint density at radius 3 is 2.00 bits per heavy atom. The Labute approximate surface area is 139 Å². The molecule has 21 heavy (non-hydrogen) atoms. The summed E-state index contributed by atoms with van der Waals surface area (Å²) in [6.45, 7) is 3.12. The summed E-state index contributed by atoms with van der Waals surface area (Å²) in [6, 6.07) is 8.28. The van der Waals surface area contributed by atoms with E-state index in [-0.39, 0.29) is 0 Å². The first-order valence-corrected chi connectivity index (χ1v) is 9.77. The lowest BCUT2D eigenvalue weighted by Crippen LogP contribution is -1.99. The average Bonchev–Trinajstić information content (AvgIpc) is 2.53. The molecule has 1 aromatic rings. The number of ether oxygens (including phenoxy) is 1. The molecule has 0 saturated heterocycles. The van der Waals surface area contributed by atoms with E-state index >= 15 is 0 Å². The van der Waals surface area contributed by atoms with Crippen LogP contribution in [0.2, 0.25) is 0 Å². The highest BCUT2D eigenvalue weighted by atomic mass is 79.9. The van der Waals surface area contributed by atoms with Crippen LogP contribution >= 0.6 is 15.9 Å². The van der Waals surface area contributed by atoms with Gasteiger partial charge >= 0.3 is 0 Å². The summed E-state index contributed by atoms with van der Waals surface area (Å²) in [4.78, 5) is 0. The molecule has 0 atom stereocenters. The summed E-state index contributed by atoms with van der Waals surface area (Å²) in [5, 5.41) is 0.862. The Morgan fingerprint density at radius 1 is 0.810 bits per heavy atom. The van der Waals surface area contributed by atoms with Crippen LogP contribution in [0.1, 0.15) is 76.7 Å². The smallest absolute Gasteiger partial charge is 0.123 e. The number of hydrogen-bond acceptors (Lipinski definition) is 1. The number of hydrogen-bond donors (Lipinski definition) is 0. The van der Waals surface area contributed by atoms with E-state index in [4.69, 9.17) is 4.74 Å². The fourth-order valence-electron chi connectivity index (χ4n) is 2.53. The molecule has 0 radical (unpaired) electrons. The van der Waals surface area contributed by atoms with Crippen molar-refractivity contribution in [3.05, 3.63) is 29.8 Å². The van der Waals surface area contributed by atoms with Crippen LogP contribution < -0.4 is 4.74 Å². The van der Waals surface area contributed by atoms with Crippen molar-refractivity contribution in [2.24, 2.45) is 0 Å². The Kier molecular flexibility index (Phi) is 11.6. The molecule has 1 rings (SSSR count). The van der Waals surface area contributed by atoms with Crippen LogP contribution in [0.15, 0.2) is 24.3 Å². The first-order valence-electron chi connectivity index (χ1n) is 8.65. The molecule has 0 amide bonds. The summed E-state index contributed by atoms with van der Waals surface area (Å²) in [5.74, 6) is 1.03. The number of halogens is 1. The van der Waals surface area contributed by atoms with Gasteiger partial charge < -0.3 is 4.74 Å². The molecule has 0 aromatic heterocycles. The number of benzene rings is 1. The SMILES string of the molecule is CCCCCCCCCCCCOc1ccccc1CBr. The Morgan fingerprint density at radius 2 is 1.38 bits per heavy atom. The van der Waals surface area contributed by atoms with Crippen LogP contribution in [-0.2, 0) is 5.33 Å². The van der Waals surface area contributed by atoms with Crippen molar-refractivity contribution < 1.29 is 4.74 Å². The van der Waals surface area contributed by atoms with E-state index in [1.807, 2.05) is 6.07 Å². The molecule has 1 nitrogen and oxygen atoms in total. The van der Waals surface area contributed by atoms with Gasteiger partial charge in [0.1, 0.15) is 5.75 Å². The Bertz CT molecular complexity index is 351. The van der Waals surface area contributed by atoms with E-state index in [9.17, 15) is 0 Å². The van der Waals surface area contributed by atoms with Gasteiger partial charge in [-0.05, 0) is 12.5 Å². The molecule has 0 fully saturated rings. The third-order valence-electron chi connectivity index (χ3n) is 3.87. The van der Waals surface area contributed by atoms with Crippen molar-refractivity contribution in [2.75, 3.05) is 6.61 Å². The second-order valence-corrected chi connectivity index (χ2v) is 6.33. The number of para-hydroxylation sites is 1. The maximum absolute atomic E-state index is 5.87. The van der Waals surface area contributed by atoms with Crippen LogP contribution in [0.3, 0.4) is 0 Å². The fraction of sp³-hybridized carbons (Fsp3) is 0.684. The summed E-state index contributed by atoms with van der Waals surface area (Å²) in [6.07, 6.45) is 13.7. The average molecular weight is 355 g/mol. The molecule has 0 heterocycles. The van der Waals surface area contributed by atoms with E-state index in [1.165, 1.54) is 69.8 Å². The summed E-state index contributed by atoms with van der Waals surface area (Å²) < 4.78 is 5.87. The number of unbranched alkanes of at least 4 members (excludes halogenated alkanes) is 9. The van der Waals surface area contributed by atoms with Gasteiger partial charge in [0.2, 0.25) is 0 Å². The molecule has 0 unspecified atom stereocenters. The highest BCUT2D eigenvalue weighted by Crippen LogP contribution is 2.20. The standard InChI is InChI=1S/C19H31BrO/c1-2-3-4-5-6-7-8-9-10-13-16-21-19-15-12-11-14-18(19)17-20/h11-12,14-15H,2-10,13,16-17H2,1H3. The van der Waals surface area contributed by atoms with Gasteiger partial charge in [-0.25, -0.2) is 0 Å². The molecule has 0 spiro atoms.